The van der Waals surface area contributed by atoms with Gasteiger partial charge in [-0.25, -0.2) is 5.01 Å². The van der Waals surface area contributed by atoms with E-state index in [0.29, 0.717) is 24.2 Å². The van der Waals surface area contributed by atoms with E-state index in [-0.39, 0.29) is 11.2 Å². The molecule has 230 valence electrons. The Hall–Kier alpha value is -4.46. The molecule has 3 aliphatic rings. The van der Waals surface area contributed by atoms with Crippen molar-refractivity contribution < 1.29 is 14.6 Å². The van der Waals surface area contributed by atoms with E-state index in [1.807, 2.05) is 85.8 Å². The van der Waals surface area contributed by atoms with Crippen molar-refractivity contribution in [3.05, 3.63) is 136 Å². The van der Waals surface area contributed by atoms with E-state index >= 15 is 0 Å². The molecule has 1 aromatic heterocycles. The molecule has 2 heterocycles. The lowest BCUT2D eigenvalue weighted by atomic mass is 9.73. The van der Waals surface area contributed by atoms with E-state index in [2.05, 4.69) is 58.6 Å². The van der Waals surface area contributed by atoms with Crippen molar-refractivity contribution in [3.8, 4) is 22.7 Å². The Kier molecular flexibility index (Phi) is 6.64. The van der Waals surface area contributed by atoms with Crippen molar-refractivity contribution in [2.24, 2.45) is 10.5 Å². The Morgan fingerprint density at radius 1 is 0.891 bits per heavy atom. The average Bonchev–Trinajstić information content (AvgIpc) is 3.44. The molecule has 6 nitrogen and oxygen atoms in total. The first-order valence-corrected chi connectivity index (χ1v) is 16.6. The number of hydrogen-bond donors (Lipinski definition) is 1. The largest absolute Gasteiger partial charge is 0.494 e. The molecule has 2 aliphatic carbocycles. The van der Waals surface area contributed by atoms with E-state index in [4.69, 9.17) is 9.84 Å². The van der Waals surface area contributed by atoms with Crippen LogP contribution in [0, 0.1) is 5.41 Å². The van der Waals surface area contributed by atoms with Crippen molar-refractivity contribution in [2.45, 2.75) is 45.3 Å². The van der Waals surface area contributed by atoms with Crippen molar-refractivity contribution in [1.82, 2.24) is 4.57 Å². The number of nitrogens with zero attached hydrogens (tertiary/aromatic N) is 3. The van der Waals surface area contributed by atoms with Crippen molar-refractivity contribution in [2.75, 3.05) is 11.6 Å². The second kappa shape index (κ2) is 10.5. The highest BCUT2D eigenvalue weighted by atomic mass is 79.9. The lowest BCUT2D eigenvalue weighted by Gasteiger charge is -2.39. The number of ketones is 1. The summed E-state index contributed by atoms with van der Waals surface area (Å²) in [6.07, 6.45) is 1.47. The van der Waals surface area contributed by atoms with Crippen LogP contribution in [-0.2, 0) is 12.1 Å². The highest BCUT2D eigenvalue weighted by molar-refractivity contribution is 9.10. The van der Waals surface area contributed by atoms with Gasteiger partial charge in [-0.3, -0.25) is 4.79 Å². The monoisotopic (exact) mass is 671 g/mol. The van der Waals surface area contributed by atoms with Crippen molar-refractivity contribution in [1.29, 1.82) is 0 Å². The number of aliphatic hydroxyl groups is 1. The Labute approximate surface area is 277 Å². The fourth-order valence-electron chi connectivity index (χ4n) is 7.69. The van der Waals surface area contributed by atoms with Gasteiger partial charge in [-0.05, 0) is 79.3 Å². The molecule has 1 N–H and O–H groups in total. The number of hydrogen-bond acceptors (Lipinski definition) is 5. The third kappa shape index (κ3) is 4.25. The zero-order chi connectivity index (χ0) is 31.8. The first-order chi connectivity index (χ1) is 22.2. The number of para-hydroxylation sites is 1. The SMILES string of the molecule is CCOc1ccc(-n2c3c4c(c2-c2ccc(Br)cc2)C2C(=O)c5ccccc5C2(O)N(c2ccccc2)N=C4CC(C)(C)C3)cc1. The van der Waals surface area contributed by atoms with Gasteiger partial charge in [0.1, 0.15) is 11.7 Å². The van der Waals surface area contributed by atoms with Gasteiger partial charge in [0.05, 0.1) is 23.7 Å². The van der Waals surface area contributed by atoms with Gasteiger partial charge >= 0.3 is 0 Å². The highest BCUT2D eigenvalue weighted by Crippen LogP contribution is 2.58. The quantitative estimate of drug-likeness (QED) is 0.203. The predicted molar refractivity (Wildman–Crippen MR) is 185 cm³/mol. The van der Waals surface area contributed by atoms with E-state index in [1.165, 1.54) is 0 Å². The summed E-state index contributed by atoms with van der Waals surface area (Å²) >= 11 is 3.62. The normalized spacial score (nSPS) is 20.8. The maximum atomic E-state index is 14.8. The van der Waals surface area contributed by atoms with Crippen LogP contribution in [0.25, 0.3) is 16.9 Å². The number of benzene rings is 4. The van der Waals surface area contributed by atoms with Crippen LogP contribution in [0.4, 0.5) is 5.69 Å². The molecular formula is C39H34BrN3O3. The van der Waals surface area contributed by atoms with E-state index in [1.54, 1.807) is 5.01 Å². The van der Waals surface area contributed by atoms with Crippen molar-refractivity contribution in [3.63, 3.8) is 0 Å². The Morgan fingerprint density at radius 2 is 1.59 bits per heavy atom. The number of hydrazone groups is 1. The van der Waals surface area contributed by atoms with Gasteiger partial charge in [0.2, 0.25) is 0 Å². The Bertz CT molecular complexity index is 2030. The van der Waals surface area contributed by atoms with Gasteiger partial charge in [-0.1, -0.05) is 84.4 Å². The van der Waals surface area contributed by atoms with E-state index in [0.717, 1.165) is 61.8 Å². The first kappa shape index (κ1) is 29.0. The molecule has 0 fully saturated rings. The van der Waals surface area contributed by atoms with Gasteiger partial charge in [0.25, 0.3) is 0 Å². The standard InChI is InChI=1S/C39H34BrN3O3/c1-4-46-28-20-18-26(19-21-28)42-32-23-38(2,3)22-31-33(32)34(36(42)24-14-16-25(40)17-15-24)35-37(44)29-12-8-9-13-30(29)39(35,45)43(41-31)27-10-6-5-7-11-27/h5-21,35,45H,4,22-23H2,1-3H3. The zero-order valence-corrected chi connectivity index (χ0v) is 27.6. The second-order valence-electron chi connectivity index (χ2n) is 13.1. The lowest BCUT2D eigenvalue weighted by molar-refractivity contribution is 0.0175. The number of Topliss-reactive ketones (excluding diaryl/α,β-unsaturated/α-hetero) is 1. The number of carbonyl (C=O) groups excluding carboxylic acids is 1. The molecule has 2 unspecified atom stereocenters. The molecule has 0 spiro atoms. The van der Waals surface area contributed by atoms with Crippen LogP contribution in [0.2, 0.25) is 0 Å². The van der Waals surface area contributed by atoms with Crippen LogP contribution in [-0.4, -0.2) is 27.8 Å². The number of aromatic nitrogens is 1. The number of anilines is 1. The molecule has 0 bridgehead atoms. The molecule has 0 saturated heterocycles. The first-order valence-electron chi connectivity index (χ1n) is 15.8. The number of ether oxygens (including phenoxy) is 1. The number of carbonyl (C=O) groups is 1. The summed E-state index contributed by atoms with van der Waals surface area (Å²) in [5, 5.41) is 20.4. The molecule has 5 aromatic rings. The average molecular weight is 673 g/mol. The molecule has 4 aromatic carbocycles. The van der Waals surface area contributed by atoms with Gasteiger partial charge < -0.3 is 14.4 Å². The Morgan fingerprint density at radius 3 is 2.30 bits per heavy atom. The van der Waals surface area contributed by atoms with Crippen LogP contribution in [0.5, 0.6) is 5.75 Å². The topological polar surface area (TPSA) is 67.1 Å². The Balaban J connectivity index is 1.52. The molecule has 46 heavy (non-hydrogen) atoms. The van der Waals surface area contributed by atoms with Gasteiger partial charge in [0.15, 0.2) is 11.5 Å². The second-order valence-corrected chi connectivity index (χ2v) is 14.0. The summed E-state index contributed by atoms with van der Waals surface area (Å²) in [6.45, 7) is 7.09. The molecule has 2 atom stereocenters. The van der Waals surface area contributed by atoms with Crippen LogP contribution < -0.4 is 9.75 Å². The van der Waals surface area contributed by atoms with Gasteiger partial charge in [0, 0.05) is 38.1 Å². The molecule has 0 radical (unpaired) electrons. The highest BCUT2D eigenvalue weighted by Gasteiger charge is 2.60. The van der Waals surface area contributed by atoms with Gasteiger partial charge in [-0.15, -0.1) is 0 Å². The molecule has 0 saturated carbocycles. The number of rotatable bonds is 5. The molecule has 7 heteroatoms. The lowest BCUT2D eigenvalue weighted by Crippen LogP contribution is -2.46. The molecule has 0 amide bonds. The summed E-state index contributed by atoms with van der Waals surface area (Å²) in [4.78, 5) is 14.8. The maximum absolute atomic E-state index is 14.8. The fraction of sp³-hybridized carbons (Fsp3) is 0.231. The third-order valence-electron chi connectivity index (χ3n) is 9.50. The van der Waals surface area contributed by atoms with Crippen LogP contribution in [0.1, 0.15) is 65.9 Å². The van der Waals surface area contributed by atoms with E-state index < -0.39 is 11.6 Å². The van der Waals surface area contributed by atoms with Crippen LogP contribution >= 0.6 is 15.9 Å². The minimum atomic E-state index is -1.76. The smallest absolute Gasteiger partial charge is 0.199 e. The maximum Gasteiger partial charge on any atom is 0.199 e. The summed E-state index contributed by atoms with van der Waals surface area (Å²) < 4.78 is 9.06. The summed E-state index contributed by atoms with van der Waals surface area (Å²) in [5.74, 6) is -0.232. The summed E-state index contributed by atoms with van der Waals surface area (Å²) in [6, 6.07) is 33.6. The molecule has 1 aliphatic heterocycles. The van der Waals surface area contributed by atoms with Gasteiger partial charge in [-0.2, -0.15) is 5.10 Å². The van der Waals surface area contributed by atoms with Crippen LogP contribution in [0.3, 0.4) is 0 Å². The summed E-state index contributed by atoms with van der Waals surface area (Å²) in [5.41, 5.74) is 6.51. The molecular weight excluding hydrogens is 638 g/mol. The van der Waals surface area contributed by atoms with E-state index in [9.17, 15) is 9.90 Å². The van der Waals surface area contributed by atoms with Crippen LogP contribution in [0.15, 0.2) is 113 Å². The van der Waals surface area contributed by atoms with Crippen molar-refractivity contribution >= 4 is 33.1 Å². The fourth-order valence-corrected chi connectivity index (χ4v) is 7.96. The molecule has 8 rings (SSSR count). The minimum Gasteiger partial charge on any atom is -0.494 e. The zero-order valence-electron chi connectivity index (χ0n) is 26.0. The number of fused-ring (bicyclic) bond motifs is 4. The third-order valence-corrected chi connectivity index (χ3v) is 10.0. The minimum absolute atomic E-state index is 0.106. The number of halogens is 1. The summed E-state index contributed by atoms with van der Waals surface area (Å²) in [7, 11) is 0. The predicted octanol–water partition coefficient (Wildman–Crippen LogP) is 8.63.